The first kappa shape index (κ1) is 10.2. The Labute approximate surface area is 79.6 Å². The highest BCUT2D eigenvalue weighted by atomic mass is 16.3. The highest BCUT2D eigenvalue weighted by Crippen LogP contribution is 2.07. The van der Waals surface area contributed by atoms with Gasteiger partial charge in [-0.3, -0.25) is 4.98 Å². The zero-order valence-electron chi connectivity index (χ0n) is 8.11. The van der Waals surface area contributed by atoms with Crippen LogP contribution in [-0.2, 0) is 6.42 Å². The Balaban J connectivity index is 2.27. The summed E-state index contributed by atoms with van der Waals surface area (Å²) in [7, 11) is 0. The molecule has 0 aliphatic rings. The molecule has 1 aromatic rings. The van der Waals surface area contributed by atoms with Gasteiger partial charge in [0.1, 0.15) is 0 Å². The van der Waals surface area contributed by atoms with Crippen LogP contribution in [0.15, 0.2) is 24.5 Å². The van der Waals surface area contributed by atoms with E-state index < -0.39 is 0 Å². The molecule has 1 aromatic heterocycles. The number of hydrogen-bond donors (Lipinski definition) is 1. The SMILES string of the molecule is CCCC(O)CCc1cccnc1. The van der Waals surface area contributed by atoms with Crippen molar-refractivity contribution in [3.05, 3.63) is 30.1 Å². The monoisotopic (exact) mass is 179 g/mol. The van der Waals surface area contributed by atoms with Gasteiger partial charge in [-0.15, -0.1) is 0 Å². The minimum Gasteiger partial charge on any atom is -0.393 e. The third-order valence-electron chi connectivity index (χ3n) is 2.11. The number of aromatic nitrogens is 1. The molecule has 0 spiro atoms. The maximum absolute atomic E-state index is 9.49. The van der Waals surface area contributed by atoms with E-state index in [9.17, 15) is 5.11 Å². The molecular formula is C11H17NO. The Hall–Kier alpha value is -0.890. The van der Waals surface area contributed by atoms with E-state index in [4.69, 9.17) is 0 Å². The number of pyridine rings is 1. The Kier molecular flexibility index (Phi) is 4.47. The highest BCUT2D eigenvalue weighted by molar-refractivity contribution is 5.08. The smallest absolute Gasteiger partial charge is 0.0543 e. The standard InChI is InChI=1S/C11H17NO/c1-2-4-11(13)7-6-10-5-3-8-12-9-10/h3,5,8-9,11,13H,2,4,6-7H2,1H3. The molecule has 2 nitrogen and oxygen atoms in total. The van der Waals surface area contributed by atoms with Crippen LogP contribution < -0.4 is 0 Å². The molecule has 2 heteroatoms. The molecule has 0 aliphatic carbocycles. The lowest BCUT2D eigenvalue weighted by Gasteiger charge is -2.07. The lowest BCUT2D eigenvalue weighted by atomic mass is 10.1. The van der Waals surface area contributed by atoms with E-state index in [1.165, 1.54) is 5.56 Å². The van der Waals surface area contributed by atoms with Crippen LogP contribution in [0.5, 0.6) is 0 Å². The molecule has 13 heavy (non-hydrogen) atoms. The van der Waals surface area contributed by atoms with E-state index in [1.54, 1.807) is 6.20 Å². The highest BCUT2D eigenvalue weighted by Gasteiger charge is 2.02. The number of hydrogen-bond acceptors (Lipinski definition) is 2. The van der Waals surface area contributed by atoms with Crippen LogP contribution in [0.1, 0.15) is 31.7 Å². The van der Waals surface area contributed by atoms with Gasteiger partial charge in [0.25, 0.3) is 0 Å². The molecule has 0 aliphatic heterocycles. The summed E-state index contributed by atoms with van der Waals surface area (Å²) in [5, 5.41) is 9.49. The van der Waals surface area contributed by atoms with Crippen molar-refractivity contribution in [1.29, 1.82) is 0 Å². The van der Waals surface area contributed by atoms with Gasteiger partial charge in [-0.2, -0.15) is 0 Å². The van der Waals surface area contributed by atoms with E-state index in [-0.39, 0.29) is 6.10 Å². The summed E-state index contributed by atoms with van der Waals surface area (Å²) in [6, 6.07) is 3.98. The maximum atomic E-state index is 9.49. The van der Waals surface area contributed by atoms with E-state index in [1.807, 2.05) is 18.3 Å². The molecule has 0 saturated carbocycles. The average Bonchev–Trinajstić information content (AvgIpc) is 2.17. The fraction of sp³-hybridized carbons (Fsp3) is 0.545. The van der Waals surface area contributed by atoms with Crippen LogP contribution in [0, 0.1) is 0 Å². The Morgan fingerprint density at radius 3 is 2.92 bits per heavy atom. The Morgan fingerprint density at radius 1 is 1.46 bits per heavy atom. The molecule has 0 amide bonds. The molecule has 0 bridgehead atoms. The Bertz CT molecular complexity index is 223. The lowest BCUT2D eigenvalue weighted by Crippen LogP contribution is -2.07. The second-order valence-electron chi connectivity index (χ2n) is 3.34. The summed E-state index contributed by atoms with van der Waals surface area (Å²) >= 11 is 0. The summed E-state index contributed by atoms with van der Waals surface area (Å²) in [6.45, 7) is 2.09. The van der Waals surface area contributed by atoms with Crippen LogP contribution in [0.25, 0.3) is 0 Å². The minimum absolute atomic E-state index is 0.148. The lowest BCUT2D eigenvalue weighted by molar-refractivity contribution is 0.154. The second-order valence-corrected chi connectivity index (χ2v) is 3.34. The predicted octanol–water partition coefficient (Wildman–Crippen LogP) is 2.18. The summed E-state index contributed by atoms with van der Waals surface area (Å²) in [6.07, 6.45) is 7.21. The first-order valence-corrected chi connectivity index (χ1v) is 4.90. The van der Waals surface area contributed by atoms with Crippen molar-refractivity contribution in [3.8, 4) is 0 Å². The molecule has 1 heterocycles. The molecule has 1 unspecified atom stereocenters. The number of rotatable bonds is 5. The fourth-order valence-electron chi connectivity index (χ4n) is 1.36. The molecule has 1 rings (SSSR count). The van der Waals surface area contributed by atoms with Gasteiger partial charge in [0, 0.05) is 12.4 Å². The molecule has 0 radical (unpaired) electrons. The van der Waals surface area contributed by atoms with Crippen LogP contribution in [0.4, 0.5) is 0 Å². The van der Waals surface area contributed by atoms with Crippen molar-refractivity contribution < 1.29 is 5.11 Å². The van der Waals surface area contributed by atoms with Crippen LogP contribution in [0.3, 0.4) is 0 Å². The van der Waals surface area contributed by atoms with Gasteiger partial charge >= 0.3 is 0 Å². The predicted molar refractivity (Wildman–Crippen MR) is 53.5 cm³/mol. The van der Waals surface area contributed by atoms with Gasteiger partial charge in [-0.25, -0.2) is 0 Å². The fourth-order valence-corrected chi connectivity index (χ4v) is 1.36. The van der Waals surface area contributed by atoms with Gasteiger partial charge in [0.05, 0.1) is 6.10 Å². The van der Waals surface area contributed by atoms with Gasteiger partial charge in [0.15, 0.2) is 0 Å². The van der Waals surface area contributed by atoms with Crippen molar-refractivity contribution in [2.45, 2.75) is 38.7 Å². The topological polar surface area (TPSA) is 33.1 Å². The summed E-state index contributed by atoms with van der Waals surface area (Å²) in [5.41, 5.74) is 1.21. The number of nitrogens with zero attached hydrogens (tertiary/aromatic N) is 1. The van der Waals surface area contributed by atoms with Crippen molar-refractivity contribution in [2.24, 2.45) is 0 Å². The molecular weight excluding hydrogens is 162 g/mol. The first-order valence-electron chi connectivity index (χ1n) is 4.90. The van der Waals surface area contributed by atoms with Gasteiger partial charge in [0.2, 0.25) is 0 Å². The summed E-state index contributed by atoms with van der Waals surface area (Å²) in [5.74, 6) is 0. The van der Waals surface area contributed by atoms with Crippen LogP contribution in [-0.4, -0.2) is 16.2 Å². The largest absolute Gasteiger partial charge is 0.393 e. The van der Waals surface area contributed by atoms with E-state index in [2.05, 4.69) is 11.9 Å². The molecule has 0 saturated heterocycles. The zero-order valence-corrected chi connectivity index (χ0v) is 8.11. The molecule has 0 fully saturated rings. The molecule has 72 valence electrons. The summed E-state index contributed by atoms with van der Waals surface area (Å²) < 4.78 is 0. The average molecular weight is 179 g/mol. The van der Waals surface area contributed by atoms with Gasteiger partial charge < -0.3 is 5.11 Å². The quantitative estimate of drug-likeness (QED) is 0.751. The maximum Gasteiger partial charge on any atom is 0.0543 e. The van der Waals surface area contributed by atoms with E-state index >= 15 is 0 Å². The van der Waals surface area contributed by atoms with E-state index in [0.29, 0.717) is 0 Å². The molecule has 0 aromatic carbocycles. The molecule has 1 atom stereocenters. The van der Waals surface area contributed by atoms with Crippen molar-refractivity contribution >= 4 is 0 Å². The zero-order chi connectivity index (χ0) is 9.52. The second kappa shape index (κ2) is 5.70. The molecule has 1 N–H and O–H groups in total. The van der Waals surface area contributed by atoms with Crippen molar-refractivity contribution in [2.75, 3.05) is 0 Å². The van der Waals surface area contributed by atoms with Gasteiger partial charge in [-0.05, 0) is 30.9 Å². The van der Waals surface area contributed by atoms with Gasteiger partial charge in [-0.1, -0.05) is 19.4 Å². The number of aliphatic hydroxyl groups is 1. The van der Waals surface area contributed by atoms with Crippen LogP contribution in [0.2, 0.25) is 0 Å². The Morgan fingerprint density at radius 2 is 2.31 bits per heavy atom. The van der Waals surface area contributed by atoms with Crippen LogP contribution >= 0.6 is 0 Å². The van der Waals surface area contributed by atoms with Crippen molar-refractivity contribution in [1.82, 2.24) is 4.98 Å². The third kappa shape index (κ3) is 4.04. The van der Waals surface area contributed by atoms with E-state index in [0.717, 1.165) is 25.7 Å². The normalized spacial score (nSPS) is 12.8. The minimum atomic E-state index is -0.148. The third-order valence-corrected chi connectivity index (χ3v) is 2.11. The van der Waals surface area contributed by atoms with Crippen molar-refractivity contribution in [3.63, 3.8) is 0 Å². The first-order chi connectivity index (χ1) is 6.33. The number of aryl methyl sites for hydroxylation is 1. The number of aliphatic hydroxyl groups excluding tert-OH is 1. The summed E-state index contributed by atoms with van der Waals surface area (Å²) in [4.78, 5) is 4.03.